The lowest BCUT2D eigenvalue weighted by atomic mass is 9.93. The van der Waals surface area contributed by atoms with Gasteiger partial charge in [0.05, 0.1) is 23.0 Å². The molecule has 0 saturated heterocycles. The maximum atomic E-state index is 10.8. The predicted octanol–water partition coefficient (Wildman–Crippen LogP) is 3.44. The predicted molar refractivity (Wildman–Crippen MR) is 132 cm³/mol. The van der Waals surface area contributed by atoms with E-state index in [4.69, 9.17) is 10.7 Å². The fourth-order valence-corrected chi connectivity index (χ4v) is 5.43. The van der Waals surface area contributed by atoms with Crippen molar-refractivity contribution in [2.75, 3.05) is 11.1 Å². The summed E-state index contributed by atoms with van der Waals surface area (Å²) in [5.41, 5.74) is 8.84. The lowest BCUT2D eigenvalue weighted by Gasteiger charge is -2.26. The second kappa shape index (κ2) is 8.52. The van der Waals surface area contributed by atoms with Crippen LogP contribution in [0.3, 0.4) is 0 Å². The highest BCUT2D eigenvalue weighted by atomic mass is 16.3. The number of nitrogens with two attached hydrogens (primary N) is 1. The highest BCUT2D eigenvalue weighted by Crippen LogP contribution is 2.39. The fourth-order valence-electron chi connectivity index (χ4n) is 5.43. The van der Waals surface area contributed by atoms with Gasteiger partial charge in [0.2, 0.25) is 0 Å². The molecule has 2 aliphatic rings. The quantitative estimate of drug-likeness (QED) is 0.349. The first-order valence-corrected chi connectivity index (χ1v) is 12.2. The van der Waals surface area contributed by atoms with Crippen molar-refractivity contribution < 1.29 is 10.2 Å². The first kappa shape index (κ1) is 21.3. The van der Waals surface area contributed by atoms with Crippen LogP contribution in [0.5, 0.6) is 0 Å². The monoisotopic (exact) mass is 458 g/mol. The lowest BCUT2D eigenvalue weighted by Crippen LogP contribution is -2.29. The highest BCUT2D eigenvalue weighted by molar-refractivity contribution is 5.86. The molecule has 8 nitrogen and oxygen atoms in total. The van der Waals surface area contributed by atoms with Crippen molar-refractivity contribution in [3.8, 4) is 0 Å². The van der Waals surface area contributed by atoms with E-state index in [1.54, 1.807) is 0 Å². The van der Waals surface area contributed by atoms with Crippen LogP contribution in [0.25, 0.3) is 21.9 Å². The molecule has 4 atom stereocenters. The number of aliphatic hydroxyl groups excluding tert-OH is 2. The van der Waals surface area contributed by atoms with Gasteiger partial charge < -0.3 is 25.8 Å². The van der Waals surface area contributed by atoms with Crippen LogP contribution < -0.4 is 11.1 Å². The third-order valence-electron chi connectivity index (χ3n) is 7.69. The Hall–Kier alpha value is -3.23. The van der Waals surface area contributed by atoms with Crippen LogP contribution in [-0.2, 0) is 6.42 Å². The molecule has 0 amide bonds. The van der Waals surface area contributed by atoms with E-state index in [0.717, 1.165) is 34.9 Å². The summed E-state index contributed by atoms with van der Waals surface area (Å²) >= 11 is 0. The highest BCUT2D eigenvalue weighted by Gasteiger charge is 2.42. The van der Waals surface area contributed by atoms with Gasteiger partial charge in [0.25, 0.3) is 0 Å². The average Bonchev–Trinajstić information content (AvgIpc) is 3.37. The molecule has 8 heteroatoms. The maximum absolute atomic E-state index is 10.8. The van der Waals surface area contributed by atoms with Gasteiger partial charge in [-0.25, -0.2) is 15.0 Å². The second-order valence-corrected chi connectivity index (χ2v) is 9.80. The number of pyridine rings is 1. The summed E-state index contributed by atoms with van der Waals surface area (Å²) in [6, 6.07) is 12.7. The van der Waals surface area contributed by atoms with Crippen LogP contribution in [0.15, 0.2) is 48.9 Å². The van der Waals surface area contributed by atoms with Crippen LogP contribution in [0, 0.1) is 5.92 Å². The van der Waals surface area contributed by atoms with E-state index in [9.17, 15) is 10.2 Å². The first-order valence-electron chi connectivity index (χ1n) is 12.2. The summed E-state index contributed by atoms with van der Waals surface area (Å²) in [5, 5.41) is 27.1. The van der Waals surface area contributed by atoms with Gasteiger partial charge >= 0.3 is 0 Å². The third-order valence-corrected chi connectivity index (χ3v) is 7.69. The van der Waals surface area contributed by atoms with Crippen LogP contribution in [0.4, 0.5) is 11.6 Å². The van der Waals surface area contributed by atoms with Gasteiger partial charge in [-0.2, -0.15) is 0 Å². The molecule has 0 radical (unpaired) electrons. The van der Waals surface area contributed by atoms with E-state index in [0.29, 0.717) is 23.9 Å². The minimum Gasteiger partial charge on any atom is -0.390 e. The maximum Gasteiger partial charge on any atom is 0.145 e. The van der Waals surface area contributed by atoms with Crippen molar-refractivity contribution in [2.24, 2.45) is 5.92 Å². The number of nitrogen functional groups attached to an aromatic ring is 1. The molecule has 0 aliphatic heterocycles. The Morgan fingerprint density at radius 3 is 2.74 bits per heavy atom. The molecule has 6 rings (SSSR count). The number of benzene rings is 1. The normalized spacial score (nSPS) is 25.1. The standard InChI is InChI=1S/C26H30N6O2/c27-25-19-10-11-32(26(19)29-14-28-25)21-13-17(23(33)24(21)34)7-5-15-4-6-16-8-9-22(31-20(16)12-15)30-18-2-1-3-18/h4,6,8-12,14,17-18,21,23-24,33-34H,1-3,5,7,13H2,(H,30,31)(H2,27,28,29)/t17-,21+,23+,24-/m0/s1. The molecule has 4 aromatic rings. The number of hydrogen-bond donors (Lipinski definition) is 4. The molecule has 2 saturated carbocycles. The molecular formula is C26H30N6O2. The van der Waals surface area contributed by atoms with Crippen LogP contribution in [0.2, 0.25) is 0 Å². The largest absolute Gasteiger partial charge is 0.390 e. The molecule has 0 unspecified atom stereocenters. The molecule has 176 valence electrons. The number of rotatable bonds is 6. The number of anilines is 2. The van der Waals surface area contributed by atoms with Gasteiger partial charge in [-0.1, -0.05) is 12.1 Å². The Kier molecular flexibility index (Phi) is 5.34. The number of aromatic nitrogens is 4. The summed E-state index contributed by atoms with van der Waals surface area (Å²) in [5.74, 6) is 1.35. The van der Waals surface area contributed by atoms with Crippen molar-refractivity contribution in [1.82, 2.24) is 19.5 Å². The SMILES string of the molecule is Nc1ncnc2c1ccn2[C@@H]1C[C@H](CCc2ccc3ccc(NC4CCC4)nc3c2)[C@@H](O)[C@H]1O. The van der Waals surface area contributed by atoms with Gasteiger partial charge in [0.15, 0.2) is 0 Å². The molecule has 2 aliphatic carbocycles. The van der Waals surface area contributed by atoms with Gasteiger partial charge in [0.1, 0.15) is 29.7 Å². The minimum atomic E-state index is -0.852. The zero-order valence-corrected chi connectivity index (χ0v) is 19.0. The van der Waals surface area contributed by atoms with E-state index in [2.05, 4.69) is 45.6 Å². The number of hydrogen-bond acceptors (Lipinski definition) is 7. The molecule has 3 heterocycles. The summed E-state index contributed by atoms with van der Waals surface area (Å²) in [6.45, 7) is 0. The Morgan fingerprint density at radius 1 is 1.06 bits per heavy atom. The van der Waals surface area contributed by atoms with Crippen molar-refractivity contribution in [3.63, 3.8) is 0 Å². The molecule has 1 aromatic carbocycles. The lowest BCUT2D eigenvalue weighted by molar-refractivity contribution is 0.00545. The second-order valence-electron chi connectivity index (χ2n) is 9.80. The molecule has 3 aromatic heterocycles. The zero-order valence-electron chi connectivity index (χ0n) is 19.0. The van der Waals surface area contributed by atoms with Crippen LogP contribution >= 0.6 is 0 Å². The van der Waals surface area contributed by atoms with E-state index < -0.39 is 12.2 Å². The summed E-state index contributed by atoms with van der Waals surface area (Å²) < 4.78 is 1.93. The minimum absolute atomic E-state index is 0.00749. The topological polar surface area (TPSA) is 122 Å². The van der Waals surface area contributed by atoms with E-state index in [-0.39, 0.29) is 12.0 Å². The average molecular weight is 459 g/mol. The van der Waals surface area contributed by atoms with Crippen LogP contribution in [-0.4, -0.2) is 48.0 Å². The molecule has 5 N–H and O–H groups in total. The Bertz CT molecular complexity index is 1330. The zero-order chi connectivity index (χ0) is 23.2. The molecule has 0 bridgehead atoms. The van der Waals surface area contributed by atoms with Crippen molar-refractivity contribution in [3.05, 3.63) is 54.5 Å². The third kappa shape index (κ3) is 3.76. The Balaban J connectivity index is 1.16. The van der Waals surface area contributed by atoms with Crippen molar-refractivity contribution in [1.29, 1.82) is 0 Å². The number of aliphatic hydroxyl groups is 2. The number of nitrogens with zero attached hydrogens (tertiary/aromatic N) is 4. The molecular weight excluding hydrogens is 428 g/mol. The van der Waals surface area contributed by atoms with E-state index >= 15 is 0 Å². The summed E-state index contributed by atoms with van der Waals surface area (Å²) in [4.78, 5) is 13.2. The van der Waals surface area contributed by atoms with Gasteiger partial charge in [-0.15, -0.1) is 0 Å². The summed E-state index contributed by atoms with van der Waals surface area (Å²) in [7, 11) is 0. The number of aryl methyl sites for hydroxylation is 1. The first-order chi connectivity index (χ1) is 16.6. The van der Waals surface area contributed by atoms with E-state index in [1.165, 1.54) is 31.2 Å². The fraction of sp³-hybridized carbons (Fsp3) is 0.423. The van der Waals surface area contributed by atoms with Gasteiger partial charge in [0, 0.05) is 17.6 Å². The van der Waals surface area contributed by atoms with E-state index in [1.807, 2.05) is 16.8 Å². The smallest absolute Gasteiger partial charge is 0.145 e. The van der Waals surface area contributed by atoms with Crippen molar-refractivity contribution >= 4 is 33.6 Å². The Labute approximate surface area is 197 Å². The molecule has 2 fully saturated rings. The van der Waals surface area contributed by atoms with Gasteiger partial charge in [-0.05, 0) is 74.3 Å². The van der Waals surface area contributed by atoms with Crippen molar-refractivity contribution in [2.45, 2.75) is 62.8 Å². The van der Waals surface area contributed by atoms with Gasteiger partial charge in [-0.3, -0.25) is 0 Å². The summed E-state index contributed by atoms with van der Waals surface area (Å²) in [6.07, 6.45) is 7.70. The Morgan fingerprint density at radius 2 is 1.91 bits per heavy atom. The van der Waals surface area contributed by atoms with Crippen LogP contribution in [0.1, 0.15) is 43.7 Å². The molecule has 34 heavy (non-hydrogen) atoms. The number of nitrogens with one attached hydrogen (secondary N) is 1. The molecule has 0 spiro atoms. The number of fused-ring (bicyclic) bond motifs is 2.